The molecule has 13 heavy (non-hydrogen) atoms. The zero-order chi connectivity index (χ0) is 9.78. The second kappa shape index (κ2) is 7.04. The maximum atomic E-state index is 11.3. The summed E-state index contributed by atoms with van der Waals surface area (Å²) in [5, 5.41) is 8.43. The van der Waals surface area contributed by atoms with Crippen LogP contribution in [0.1, 0.15) is 0 Å². The Bertz CT molecular complexity index is 219. The molecular weight excluding hydrogens is 221 g/mol. The minimum atomic E-state index is -4.87. The molecule has 5 nitrogen and oxygen atoms in total. The number of rotatable bonds is 5. The number of hydrogen-bond donors (Lipinski definition) is 1. The van der Waals surface area contributed by atoms with E-state index in [4.69, 9.17) is 5.11 Å². The van der Waals surface area contributed by atoms with Gasteiger partial charge in [-0.25, -0.2) is 17.2 Å². The van der Waals surface area contributed by atoms with Crippen molar-refractivity contribution in [1.29, 1.82) is 0 Å². The van der Waals surface area contributed by atoms with E-state index < -0.39 is 35.2 Å². The van der Waals surface area contributed by atoms with Gasteiger partial charge in [0.25, 0.3) is 6.43 Å². The molecule has 74 valence electrons. The van der Waals surface area contributed by atoms with Gasteiger partial charge in [0.05, 0.1) is 6.61 Å². The maximum Gasteiger partial charge on any atom is 1.00 e. The number of aliphatic hydroxyl groups is 1. The summed E-state index contributed by atoms with van der Waals surface area (Å²) in [7, 11) is -4.87. The summed E-state index contributed by atoms with van der Waals surface area (Å²) in [5.74, 6) is 0. The Morgan fingerprint density at radius 2 is 1.85 bits per heavy atom. The molecule has 1 N–H and O–H groups in total. The Morgan fingerprint density at radius 3 is 2.15 bits per heavy atom. The second-order valence-corrected chi connectivity index (χ2v) is 3.41. The van der Waals surface area contributed by atoms with Crippen molar-refractivity contribution < 1.29 is 61.2 Å². The summed E-state index contributed by atoms with van der Waals surface area (Å²) in [4.78, 5) is 0. The quantitative estimate of drug-likeness (QED) is 0.384. The molecule has 1 unspecified atom stereocenters. The summed E-state index contributed by atoms with van der Waals surface area (Å²) in [6, 6.07) is 0. The van der Waals surface area contributed by atoms with E-state index >= 15 is 0 Å². The molecule has 0 spiro atoms. The smallest absolute Gasteiger partial charge is 0.746 e. The van der Waals surface area contributed by atoms with Crippen LogP contribution >= 0.6 is 0 Å². The molecule has 0 rings (SSSR count). The van der Waals surface area contributed by atoms with Crippen molar-refractivity contribution in [3.63, 3.8) is 0 Å². The van der Waals surface area contributed by atoms with Crippen molar-refractivity contribution in [2.45, 2.75) is 11.9 Å². The van der Waals surface area contributed by atoms with Crippen molar-refractivity contribution in [2.75, 3.05) is 13.2 Å². The summed E-state index contributed by atoms with van der Waals surface area (Å²) in [6.45, 7) is -1.94. The van der Waals surface area contributed by atoms with Crippen molar-refractivity contribution >= 4 is 10.1 Å². The zero-order valence-electron chi connectivity index (χ0n) is 6.81. The largest absolute Gasteiger partial charge is 1.00 e. The molecular formula is C4H7F2NaO5S. The van der Waals surface area contributed by atoms with Gasteiger partial charge in [-0.05, 0) is 0 Å². The molecule has 0 fully saturated rings. The van der Waals surface area contributed by atoms with Gasteiger partial charge in [0.1, 0.15) is 16.7 Å². The molecule has 0 aromatic carbocycles. The molecule has 9 heteroatoms. The number of ether oxygens (including phenoxy) is 1. The van der Waals surface area contributed by atoms with Gasteiger partial charge in [0.15, 0.2) is 5.44 Å². The van der Waals surface area contributed by atoms with Crippen LogP contribution in [0.25, 0.3) is 0 Å². The van der Waals surface area contributed by atoms with Gasteiger partial charge in [0.2, 0.25) is 0 Å². The van der Waals surface area contributed by atoms with E-state index in [1.54, 1.807) is 0 Å². The first-order chi connectivity index (χ1) is 5.34. The first kappa shape index (κ1) is 16.1. The first-order valence-electron chi connectivity index (χ1n) is 2.82. The number of hydrogen-bond acceptors (Lipinski definition) is 5. The number of halogens is 2. The van der Waals surface area contributed by atoms with Gasteiger partial charge in [-0.1, -0.05) is 0 Å². The minimum absolute atomic E-state index is 0. The fourth-order valence-electron chi connectivity index (χ4n) is 0.341. The summed E-state index contributed by atoms with van der Waals surface area (Å²) < 4.78 is 56.5. The SMILES string of the molecule is O=S(=O)([O-])C(O)COCC(F)F.[Na+]. The molecule has 0 radical (unpaired) electrons. The molecule has 0 aromatic heterocycles. The van der Waals surface area contributed by atoms with Crippen LogP contribution in [0.4, 0.5) is 8.78 Å². The van der Waals surface area contributed by atoms with Gasteiger partial charge in [-0.3, -0.25) is 0 Å². The molecule has 0 heterocycles. The van der Waals surface area contributed by atoms with E-state index in [0.29, 0.717) is 0 Å². The number of aliphatic hydroxyl groups excluding tert-OH is 1. The third-order valence-electron chi connectivity index (χ3n) is 0.837. The molecule has 0 aliphatic carbocycles. The van der Waals surface area contributed by atoms with Crippen LogP contribution in [0.15, 0.2) is 0 Å². The predicted molar refractivity (Wildman–Crippen MR) is 32.5 cm³/mol. The van der Waals surface area contributed by atoms with Gasteiger partial charge in [-0.2, -0.15) is 0 Å². The standard InChI is InChI=1S/C4H8F2O5S.Na/c5-3(6)1-11-2-4(7)12(8,9)10;/h3-4,7H,1-2H2,(H,8,9,10);/q;+1/p-1. The fourth-order valence-corrected chi connectivity index (χ4v) is 0.604. The van der Waals surface area contributed by atoms with Crippen LogP contribution in [0.2, 0.25) is 0 Å². The van der Waals surface area contributed by atoms with Gasteiger partial charge in [0, 0.05) is 0 Å². The average molecular weight is 228 g/mol. The molecule has 0 saturated carbocycles. The van der Waals surface area contributed by atoms with Crippen molar-refractivity contribution in [1.82, 2.24) is 0 Å². The Kier molecular flexibility index (Phi) is 8.74. The van der Waals surface area contributed by atoms with Crippen LogP contribution in [0, 0.1) is 0 Å². The third-order valence-corrected chi connectivity index (χ3v) is 1.64. The third kappa shape index (κ3) is 9.01. The van der Waals surface area contributed by atoms with Crippen molar-refractivity contribution in [3.05, 3.63) is 0 Å². The molecule has 0 bridgehead atoms. The Labute approximate surface area is 96.1 Å². The summed E-state index contributed by atoms with van der Waals surface area (Å²) in [5.41, 5.74) is -2.28. The Hall–Kier alpha value is 0.690. The van der Waals surface area contributed by atoms with E-state index in [0.717, 1.165) is 0 Å². The monoisotopic (exact) mass is 228 g/mol. The molecule has 0 aliphatic rings. The van der Waals surface area contributed by atoms with Gasteiger partial charge in [-0.15, -0.1) is 0 Å². The molecule has 1 atom stereocenters. The fraction of sp³-hybridized carbons (Fsp3) is 1.00. The van der Waals surface area contributed by atoms with Crippen LogP contribution in [-0.2, 0) is 14.9 Å². The average Bonchev–Trinajstić information content (AvgIpc) is 1.84. The topological polar surface area (TPSA) is 86.7 Å². The van der Waals surface area contributed by atoms with Gasteiger partial charge >= 0.3 is 29.6 Å². The molecule has 0 saturated heterocycles. The first-order valence-corrected chi connectivity index (χ1v) is 4.30. The van der Waals surface area contributed by atoms with E-state index in [2.05, 4.69) is 4.74 Å². The van der Waals surface area contributed by atoms with E-state index in [9.17, 15) is 21.8 Å². The van der Waals surface area contributed by atoms with Crippen LogP contribution in [-0.4, -0.2) is 43.2 Å². The molecule has 0 amide bonds. The summed E-state index contributed by atoms with van der Waals surface area (Å²) >= 11 is 0. The predicted octanol–water partition coefficient (Wildman–Crippen LogP) is -3.86. The second-order valence-electron chi connectivity index (χ2n) is 1.88. The zero-order valence-corrected chi connectivity index (χ0v) is 9.63. The summed E-state index contributed by atoms with van der Waals surface area (Å²) in [6.07, 6.45) is -2.76. The van der Waals surface area contributed by atoms with Crippen LogP contribution in [0.5, 0.6) is 0 Å². The van der Waals surface area contributed by atoms with Crippen molar-refractivity contribution in [2.24, 2.45) is 0 Å². The normalized spacial score (nSPS) is 13.9. The van der Waals surface area contributed by atoms with Gasteiger partial charge < -0.3 is 14.4 Å². The Balaban J connectivity index is 0. The molecule has 0 aliphatic heterocycles. The number of alkyl halides is 2. The van der Waals surface area contributed by atoms with E-state index in [1.165, 1.54) is 0 Å². The minimum Gasteiger partial charge on any atom is -0.746 e. The van der Waals surface area contributed by atoms with Crippen LogP contribution in [0.3, 0.4) is 0 Å². The van der Waals surface area contributed by atoms with E-state index in [1.807, 2.05) is 0 Å². The van der Waals surface area contributed by atoms with Crippen molar-refractivity contribution in [3.8, 4) is 0 Å². The van der Waals surface area contributed by atoms with Crippen LogP contribution < -0.4 is 29.6 Å². The molecule has 0 aromatic rings. The Morgan fingerprint density at radius 1 is 1.38 bits per heavy atom. The van der Waals surface area contributed by atoms with E-state index in [-0.39, 0.29) is 29.6 Å². The maximum absolute atomic E-state index is 11.3.